The van der Waals surface area contributed by atoms with Crippen LogP contribution in [0.15, 0.2) is 97.1 Å². The van der Waals surface area contributed by atoms with E-state index in [-0.39, 0.29) is 0 Å². The average molecular weight is 551 g/mol. The number of fused-ring (bicyclic) bond motifs is 3. The minimum atomic E-state index is -1.85. The third-order valence-electron chi connectivity index (χ3n) is 10.3. The van der Waals surface area contributed by atoms with E-state index in [1.807, 2.05) is 0 Å². The molecule has 0 aromatic heterocycles. The molecule has 41 heavy (non-hydrogen) atoms. The maximum absolute atomic E-state index is 2.74. The standard InChI is InChI=1S/C40H42Si/c1-5-13-27(2)36-26-40(38-25-30-17-11-16-29(30)24-37(36)38)41(3,4)39-23-22-34-33(20-12-21-35(34)39)32-19-10-9-18-31(32)28-14-7-6-8-15-28/h6-10,12,14-15,18-27,39-40H,5,11,13,16-17H2,1-4H3. The largest absolute Gasteiger partial charge is 0.0791 e. The number of hydrogen-bond acceptors (Lipinski definition) is 0. The van der Waals surface area contributed by atoms with Crippen LogP contribution in [0.3, 0.4) is 0 Å². The van der Waals surface area contributed by atoms with Crippen molar-refractivity contribution in [1.29, 1.82) is 0 Å². The van der Waals surface area contributed by atoms with Crippen LogP contribution in [-0.4, -0.2) is 8.07 Å². The van der Waals surface area contributed by atoms with Gasteiger partial charge in [0.25, 0.3) is 0 Å². The molecule has 0 saturated heterocycles. The van der Waals surface area contributed by atoms with Gasteiger partial charge >= 0.3 is 0 Å². The Labute approximate surface area is 247 Å². The zero-order valence-electron chi connectivity index (χ0n) is 25.1. The van der Waals surface area contributed by atoms with Crippen molar-refractivity contribution >= 4 is 19.7 Å². The van der Waals surface area contributed by atoms with E-state index in [0.29, 0.717) is 17.0 Å². The minimum Gasteiger partial charge on any atom is -0.0791 e. The Hall–Kier alpha value is -3.42. The summed E-state index contributed by atoms with van der Waals surface area (Å²) in [5, 5.41) is 0. The van der Waals surface area contributed by atoms with Gasteiger partial charge in [0.05, 0.1) is 8.07 Å². The van der Waals surface area contributed by atoms with Gasteiger partial charge < -0.3 is 0 Å². The number of hydrogen-bond donors (Lipinski definition) is 0. The summed E-state index contributed by atoms with van der Waals surface area (Å²) in [7, 11) is -1.85. The Kier molecular flexibility index (Phi) is 6.74. The van der Waals surface area contributed by atoms with E-state index in [4.69, 9.17) is 0 Å². The zero-order valence-corrected chi connectivity index (χ0v) is 26.1. The molecule has 0 radical (unpaired) electrons. The monoisotopic (exact) mass is 550 g/mol. The maximum atomic E-state index is 2.74. The van der Waals surface area contributed by atoms with Crippen molar-refractivity contribution in [3.05, 3.63) is 130 Å². The molecule has 1 heteroatoms. The molecule has 3 aliphatic rings. The summed E-state index contributed by atoms with van der Waals surface area (Å²) in [5.74, 6) is 0.625. The summed E-state index contributed by atoms with van der Waals surface area (Å²) in [6.45, 7) is 10.1. The molecule has 206 valence electrons. The van der Waals surface area contributed by atoms with Crippen LogP contribution in [-0.2, 0) is 12.8 Å². The van der Waals surface area contributed by atoms with Gasteiger partial charge in [0.15, 0.2) is 0 Å². The van der Waals surface area contributed by atoms with E-state index in [0.717, 1.165) is 0 Å². The van der Waals surface area contributed by atoms with Crippen molar-refractivity contribution in [2.24, 2.45) is 5.92 Å². The van der Waals surface area contributed by atoms with Crippen molar-refractivity contribution in [2.45, 2.75) is 70.1 Å². The minimum absolute atomic E-state index is 0.504. The SMILES string of the molecule is CCCC(C)C1=CC([Si](C)(C)C2C=Cc3c(-c4ccccc4-c4ccccc4)cccc32)c2cc3c(cc21)CCC3. The van der Waals surface area contributed by atoms with E-state index in [1.165, 1.54) is 65.5 Å². The molecule has 0 N–H and O–H groups in total. The van der Waals surface area contributed by atoms with Gasteiger partial charge in [-0.2, -0.15) is 0 Å². The van der Waals surface area contributed by atoms with Crippen molar-refractivity contribution in [1.82, 2.24) is 0 Å². The Morgan fingerprint density at radius 1 is 0.732 bits per heavy atom. The van der Waals surface area contributed by atoms with Crippen LogP contribution in [0, 0.1) is 5.92 Å². The lowest BCUT2D eigenvalue weighted by molar-refractivity contribution is 0.650. The number of rotatable bonds is 7. The summed E-state index contributed by atoms with van der Waals surface area (Å²) < 4.78 is 0. The van der Waals surface area contributed by atoms with E-state index in [9.17, 15) is 0 Å². The normalized spacial score (nSPS) is 19.6. The Morgan fingerprint density at radius 3 is 2.22 bits per heavy atom. The van der Waals surface area contributed by atoms with Gasteiger partial charge in [0, 0.05) is 0 Å². The van der Waals surface area contributed by atoms with E-state index in [1.54, 1.807) is 27.8 Å². The van der Waals surface area contributed by atoms with Crippen molar-refractivity contribution in [2.75, 3.05) is 0 Å². The van der Waals surface area contributed by atoms with Crippen molar-refractivity contribution < 1.29 is 0 Å². The molecule has 0 fully saturated rings. The quantitative estimate of drug-likeness (QED) is 0.201. The summed E-state index contributed by atoms with van der Waals surface area (Å²) in [5.41, 5.74) is 17.4. The van der Waals surface area contributed by atoms with Crippen LogP contribution in [0.2, 0.25) is 13.1 Å². The van der Waals surface area contributed by atoms with Gasteiger partial charge in [-0.1, -0.05) is 137 Å². The molecular weight excluding hydrogens is 509 g/mol. The highest BCUT2D eigenvalue weighted by molar-refractivity contribution is 6.81. The second-order valence-electron chi connectivity index (χ2n) is 13.2. The summed E-state index contributed by atoms with van der Waals surface area (Å²) in [6, 6.07) is 32.1. The first-order chi connectivity index (χ1) is 20.0. The molecule has 4 aromatic carbocycles. The summed E-state index contributed by atoms with van der Waals surface area (Å²) in [4.78, 5) is 0. The van der Waals surface area contributed by atoms with Crippen LogP contribution >= 0.6 is 0 Å². The van der Waals surface area contributed by atoms with E-state index >= 15 is 0 Å². The lowest BCUT2D eigenvalue weighted by Crippen LogP contribution is -2.40. The first-order valence-corrected chi connectivity index (χ1v) is 19.0. The Bertz CT molecular complexity index is 1670. The number of aryl methyl sites for hydroxylation is 2. The van der Waals surface area contributed by atoms with Crippen molar-refractivity contribution in [3.8, 4) is 22.3 Å². The fourth-order valence-electron chi connectivity index (χ4n) is 8.14. The smallest absolute Gasteiger partial charge is 0.0715 e. The third kappa shape index (κ3) is 4.41. The zero-order chi connectivity index (χ0) is 28.1. The highest BCUT2D eigenvalue weighted by Gasteiger charge is 2.45. The number of benzene rings is 4. The van der Waals surface area contributed by atoms with E-state index < -0.39 is 8.07 Å². The molecule has 7 rings (SSSR count). The lowest BCUT2D eigenvalue weighted by Gasteiger charge is -2.36. The second-order valence-corrected chi connectivity index (χ2v) is 18.1. The maximum Gasteiger partial charge on any atom is 0.0715 e. The molecule has 0 heterocycles. The molecule has 4 aromatic rings. The van der Waals surface area contributed by atoms with Crippen LogP contribution in [0.1, 0.15) is 77.6 Å². The molecule has 0 saturated carbocycles. The topological polar surface area (TPSA) is 0 Å². The van der Waals surface area contributed by atoms with Gasteiger partial charge in [-0.15, -0.1) is 0 Å². The van der Waals surface area contributed by atoms with Gasteiger partial charge in [0.1, 0.15) is 0 Å². The first kappa shape index (κ1) is 26.5. The third-order valence-corrected chi connectivity index (χ3v) is 14.5. The molecule has 3 aliphatic carbocycles. The van der Waals surface area contributed by atoms with Gasteiger partial charge in [-0.3, -0.25) is 0 Å². The Balaban J connectivity index is 1.31. The van der Waals surface area contributed by atoms with Crippen molar-refractivity contribution in [3.63, 3.8) is 0 Å². The van der Waals surface area contributed by atoms with Crippen LogP contribution < -0.4 is 0 Å². The fraction of sp³-hybridized carbons (Fsp3) is 0.300. The Morgan fingerprint density at radius 2 is 1.44 bits per heavy atom. The summed E-state index contributed by atoms with van der Waals surface area (Å²) >= 11 is 0. The predicted molar refractivity (Wildman–Crippen MR) is 180 cm³/mol. The second kappa shape index (κ2) is 10.4. The molecule has 0 bridgehead atoms. The van der Waals surface area contributed by atoms with Gasteiger partial charge in [-0.05, 0) is 104 Å². The highest BCUT2D eigenvalue weighted by Crippen LogP contribution is 2.52. The first-order valence-electron chi connectivity index (χ1n) is 15.8. The van der Waals surface area contributed by atoms with Crippen LogP contribution in [0.5, 0.6) is 0 Å². The molecular formula is C40H42Si. The van der Waals surface area contributed by atoms with Gasteiger partial charge in [-0.25, -0.2) is 0 Å². The van der Waals surface area contributed by atoms with Gasteiger partial charge in [0.2, 0.25) is 0 Å². The predicted octanol–water partition coefficient (Wildman–Crippen LogP) is 11.0. The molecule has 0 nitrogen and oxygen atoms in total. The summed E-state index contributed by atoms with van der Waals surface area (Å²) in [6.07, 6.45) is 14.1. The molecule has 0 amide bonds. The van der Waals surface area contributed by atoms with E-state index in [2.05, 4.69) is 130 Å². The van der Waals surface area contributed by atoms with Crippen LogP contribution in [0.4, 0.5) is 0 Å². The molecule has 0 aliphatic heterocycles. The fourth-order valence-corrected chi connectivity index (χ4v) is 11.8. The molecule has 3 atom stereocenters. The molecule has 0 spiro atoms. The highest BCUT2D eigenvalue weighted by atomic mass is 28.3. The molecule has 3 unspecified atom stereocenters. The number of allylic oxidation sites excluding steroid dienone is 3. The average Bonchev–Trinajstić information content (AvgIpc) is 3.73. The lowest BCUT2D eigenvalue weighted by atomic mass is 9.90. The van der Waals surface area contributed by atoms with Crippen LogP contribution in [0.25, 0.3) is 33.9 Å².